The molecule has 0 aromatic heterocycles. The van der Waals surface area contributed by atoms with Crippen LogP contribution in [0.2, 0.25) is 0 Å². The van der Waals surface area contributed by atoms with E-state index in [4.69, 9.17) is 0 Å². The van der Waals surface area contributed by atoms with E-state index in [0.717, 1.165) is 30.5 Å². The molecule has 0 spiro atoms. The normalized spacial score (nSPS) is 17.3. The molecule has 1 N–H and O–H groups in total. The minimum absolute atomic E-state index is 0.151. The average Bonchev–Trinajstić information content (AvgIpc) is 2.37. The molecule has 0 saturated heterocycles. The summed E-state index contributed by atoms with van der Waals surface area (Å²) in [5.74, 6) is -0.151. The molecule has 1 rings (SSSR count). The van der Waals surface area contributed by atoms with Crippen LogP contribution >= 0.6 is 0 Å². The van der Waals surface area contributed by atoms with E-state index >= 15 is 0 Å². The molecule has 0 bridgehead atoms. The van der Waals surface area contributed by atoms with Crippen LogP contribution in [0.3, 0.4) is 0 Å². The SMILES string of the molecule is CCNCC1=C(CC)CC=NC(C)=C1F. The second-order valence-corrected chi connectivity index (χ2v) is 3.63. The Labute approximate surface area is 91.0 Å². The van der Waals surface area contributed by atoms with Crippen LogP contribution in [0, 0.1) is 0 Å². The number of likely N-dealkylation sites (N-methyl/N-ethyl adjacent to an activating group) is 1. The monoisotopic (exact) mass is 210 g/mol. The van der Waals surface area contributed by atoms with Gasteiger partial charge in [0.05, 0.1) is 5.70 Å². The zero-order valence-electron chi connectivity index (χ0n) is 9.73. The Hall–Kier alpha value is -0.960. The van der Waals surface area contributed by atoms with E-state index in [-0.39, 0.29) is 5.83 Å². The summed E-state index contributed by atoms with van der Waals surface area (Å²) in [5, 5.41) is 3.17. The van der Waals surface area contributed by atoms with Crippen molar-refractivity contribution < 1.29 is 4.39 Å². The smallest absolute Gasteiger partial charge is 0.148 e. The van der Waals surface area contributed by atoms with Gasteiger partial charge < -0.3 is 5.32 Å². The van der Waals surface area contributed by atoms with Gasteiger partial charge in [-0.25, -0.2) is 4.39 Å². The predicted octanol–water partition coefficient (Wildman–Crippen LogP) is 2.98. The summed E-state index contributed by atoms with van der Waals surface area (Å²) < 4.78 is 13.9. The van der Waals surface area contributed by atoms with Crippen molar-refractivity contribution in [2.75, 3.05) is 13.1 Å². The molecular formula is C12H19FN2. The lowest BCUT2D eigenvalue weighted by Crippen LogP contribution is -2.18. The summed E-state index contributed by atoms with van der Waals surface area (Å²) in [4.78, 5) is 4.07. The van der Waals surface area contributed by atoms with Gasteiger partial charge in [0.25, 0.3) is 0 Å². The fourth-order valence-electron chi connectivity index (χ4n) is 1.66. The molecule has 0 radical (unpaired) electrons. The van der Waals surface area contributed by atoms with Crippen molar-refractivity contribution in [2.45, 2.75) is 33.6 Å². The van der Waals surface area contributed by atoms with Gasteiger partial charge in [0.2, 0.25) is 0 Å². The van der Waals surface area contributed by atoms with Gasteiger partial charge in [-0.1, -0.05) is 19.4 Å². The second-order valence-electron chi connectivity index (χ2n) is 3.63. The zero-order valence-corrected chi connectivity index (χ0v) is 9.73. The highest BCUT2D eigenvalue weighted by molar-refractivity contribution is 5.65. The maximum Gasteiger partial charge on any atom is 0.148 e. The van der Waals surface area contributed by atoms with Crippen LogP contribution in [-0.4, -0.2) is 19.3 Å². The summed E-state index contributed by atoms with van der Waals surface area (Å²) in [6.07, 6.45) is 3.45. The molecule has 2 nitrogen and oxygen atoms in total. The molecule has 84 valence electrons. The Morgan fingerprint density at radius 2 is 2.20 bits per heavy atom. The lowest BCUT2D eigenvalue weighted by molar-refractivity contribution is 0.614. The van der Waals surface area contributed by atoms with E-state index in [1.807, 2.05) is 6.92 Å². The lowest BCUT2D eigenvalue weighted by Gasteiger charge is -2.11. The van der Waals surface area contributed by atoms with Crippen LogP contribution < -0.4 is 5.32 Å². The standard InChI is InChI=1S/C12H19FN2/c1-4-10-6-7-15-9(3)12(13)11(10)8-14-5-2/h7,14H,4-6,8H2,1-3H3. The molecule has 15 heavy (non-hydrogen) atoms. The number of allylic oxidation sites excluding steroid dienone is 2. The number of hydrogen-bond donors (Lipinski definition) is 1. The van der Waals surface area contributed by atoms with E-state index in [0.29, 0.717) is 12.2 Å². The first-order valence-electron chi connectivity index (χ1n) is 5.51. The molecule has 1 heterocycles. The molecule has 3 heteroatoms. The Morgan fingerprint density at radius 1 is 1.47 bits per heavy atom. The van der Waals surface area contributed by atoms with Gasteiger partial charge in [-0.2, -0.15) is 0 Å². The Bertz CT molecular complexity index is 314. The summed E-state index contributed by atoms with van der Waals surface area (Å²) in [7, 11) is 0. The Balaban J connectivity index is 2.99. The van der Waals surface area contributed by atoms with E-state index in [9.17, 15) is 4.39 Å². The molecule has 0 aromatic carbocycles. The summed E-state index contributed by atoms with van der Waals surface area (Å²) in [6.45, 7) is 7.26. The number of nitrogens with zero attached hydrogens (tertiary/aromatic N) is 1. The third-order valence-corrected chi connectivity index (χ3v) is 2.61. The largest absolute Gasteiger partial charge is 0.313 e. The Kier molecular flexibility index (Phi) is 4.69. The van der Waals surface area contributed by atoms with E-state index in [2.05, 4.69) is 17.2 Å². The number of hydrogen-bond acceptors (Lipinski definition) is 2. The van der Waals surface area contributed by atoms with E-state index in [1.54, 1.807) is 13.1 Å². The highest BCUT2D eigenvalue weighted by Crippen LogP contribution is 2.25. The molecule has 0 fully saturated rings. The average molecular weight is 210 g/mol. The van der Waals surface area contributed by atoms with Crippen molar-refractivity contribution in [3.05, 3.63) is 22.7 Å². The van der Waals surface area contributed by atoms with Crippen LogP contribution in [0.4, 0.5) is 4.39 Å². The lowest BCUT2D eigenvalue weighted by atomic mass is 10.0. The van der Waals surface area contributed by atoms with Gasteiger partial charge in [0.1, 0.15) is 5.83 Å². The Morgan fingerprint density at radius 3 is 2.80 bits per heavy atom. The van der Waals surface area contributed by atoms with Crippen LogP contribution in [0.5, 0.6) is 0 Å². The highest BCUT2D eigenvalue weighted by atomic mass is 19.1. The number of nitrogens with one attached hydrogen (secondary N) is 1. The molecule has 1 aliphatic heterocycles. The molecule has 0 aliphatic carbocycles. The topological polar surface area (TPSA) is 24.4 Å². The first-order chi connectivity index (χ1) is 7.20. The van der Waals surface area contributed by atoms with Gasteiger partial charge in [-0.15, -0.1) is 0 Å². The van der Waals surface area contributed by atoms with Gasteiger partial charge in [-0.05, 0) is 19.9 Å². The highest BCUT2D eigenvalue weighted by Gasteiger charge is 2.14. The third-order valence-electron chi connectivity index (χ3n) is 2.61. The van der Waals surface area contributed by atoms with Crippen LogP contribution in [-0.2, 0) is 0 Å². The first kappa shape index (κ1) is 12.1. The molecular weight excluding hydrogens is 191 g/mol. The predicted molar refractivity (Wildman–Crippen MR) is 62.8 cm³/mol. The number of rotatable bonds is 4. The second kappa shape index (κ2) is 5.81. The summed E-state index contributed by atoms with van der Waals surface area (Å²) >= 11 is 0. The fourth-order valence-corrected chi connectivity index (χ4v) is 1.66. The van der Waals surface area contributed by atoms with Gasteiger partial charge in [0, 0.05) is 24.8 Å². The minimum atomic E-state index is -0.151. The molecule has 0 unspecified atom stereocenters. The van der Waals surface area contributed by atoms with E-state index < -0.39 is 0 Å². The van der Waals surface area contributed by atoms with Crippen molar-refractivity contribution in [2.24, 2.45) is 4.99 Å². The quantitative estimate of drug-likeness (QED) is 0.758. The molecule has 1 aliphatic rings. The molecule has 0 atom stereocenters. The third kappa shape index (κ3) is 2.99. The van der Waals surface area contributed by atoms with Crippen molar-refractivity contribution >= 4 is 6.21 Å². The van der Waals surface area contributed by atoms with Crippen LogP contribution in [0.1, 0.15) is 33.6 Å². The fraction of sp³-hybridized carbons (Fsp3) is 0.583. The van der Waals surface area contributed by atoms with Crippen molar-refractivity contribution in [1.29, 1.82) is 0 Å². The molecule has 0 amide bonds. The maximum atomic E-state index is 13.9. The summed E-state index contributed by atoms with van der Waals surface area (Å²) in [5.41, 5.74) is 2.44. The van der Waals surface area contributed by atoms with Crippen LogP contribution in [0.15, 0.2) is 27.7 Å². The first-order valence-corrected chi connectivity index (χ1v) is 5.51. The molecule has 0 aromatic rings. The van der Waals surface area contributed by atoms with Gasteiger partial charge in [-0.3, -0.25) is 4.99 Å². The minimum Gasteiger partial charge on any atom is -0.313 e. The van der Waals surface area contributed by atoms with E-state index in [1.165, 1.54) is 0 Å². The number of aliphatic imine (C=N–C) groups is 1. The van der Waals surface area contributed by atoms with Gasteiger partial charge in [0.15, 0.2) is 0 Å². The van der Waals surface area contributed by atoms with Crippen molar-refractivity contribution in [3.63, 3.8) is 0 Å². The van der Waals surface area contributed by atoms with Gasteiger partial charge >= 0.3 is 0 Å². The molecule has 0 saturated carbocycles. The summed E-state index contributed by atoms with van der Waals surface area (Å²) in [6, 6.07) is 0. The van der Waals surface area contributed by atoms with Crippen LogP contribution in [0.25, 0.3) is 0 Å². The zero-order chi connectivity index (χ0) is 11.3. The van der Waals surface area contributed by atoms with Crippen molar-refractivity contribution in [1.82, 2.24) is 5.32 Å². The van der Waals surface area contributed by atoms with Crippen molar-refractivity contribution in [3.8, 4) is 0 Å². The maximum absolute atomic E-state index is 13.9. The number of halogens is 1.